The predicted octanol–water partition coefficient (Wildman–Crippen LogP) is 3.95. The van der Waals surface area contributed by atoms with Crippen molar-refractivity contribution in [3.63, 3.8) is 0 Å². The Hall–Kier alpha value is -3.17. The number of halogens is 3. The molecule has 1 fully saturated rings. The molecule has 1 aromatic carbocycles. The lowest BCUT2D eigenvalue weighted by molar-refractivity contribution is -0.137. The zero-order valence-electron chi connectivity index (χ0n) is 15.6. The van der Waals surface area contributed by atoms with E-state index in [2.05, 4.69) is 15.2 Å². The van der Waals surface area contributed by atoms with Crippen molar-refractivity contribution in [3.8, 4) is 11.4 Å². The monoisotopic (exact) mass is 405 g/mol. The zero-order chi connectivity index (χ0) is 20.6. The summed E-state index contributed by atoms with van der Waals surface area (Å²) in [6.45, 7) is 3.10. The highest BCUT2D eigenvalue weighted by Gasteiger charge is 2.36. The summed E-state index contributed by atoms with van der Waals surface area (Å²) in [5, 5.41) is 8.07. The molecule has 0 aliphatic carbocycles. The average Bonchev–Trinajstić information content (AvgIpc) is 3.46. The zero-order valence-corrected chi connectivity index (χ0v) is 15.6. The number of rotatable bonds is 4. The van der Waals surface area contributed by atoms with Gasteiger partial charge in [0.1, 0.15) is 11.7 Å². The number of amides is 1. The Bertz CT molecular complexity index is 1030. The number of likely N-dealkylation sites (tertiary alicyclic amines) is 1. The number of benzene rings is 1. The van der Waals surface area contributed by atoms with Crippen molar-refractivity contribution in [1.82, 2.24) is 24.8 Å². The summed E-state index contributed by atoms with van der Waals surface area (Å²) in [6.07, 6.45) is -1.34. The minimum atomic E-state index is -4.46. The van der Waals surface area contributed by atoms with Gasteiger partial charge in [-0.3, -0.25) is 9.48 Å². The van der Waals surface area contributed by atoms with Gasteiger partial charge in [0.25, 0.3) is 5.91 Å². The fourth-order valence-corrected chi connectivity index (χ4v) is 3.39. The van der Waals surface area contributed by atoms with Gasteiger partial charge >= 0.3 is 6.18 Å². The van der Waals surface area contributed by atoms with Gasteiger partial charge in [-0.15, -0.1) is 0 Å². The number of hydrogen-bond donors (Lipinski definition) is 0. The largest absolute Gasteiger partial charge is 0.416 e. The molecule has 4 rings (SSSR count). The number of carbonyl (C=O) groups excluding carboxylic acids is 1. The van der Waals surface area contributed by atoms with Gasteiger partial charge in [0, 0.05) is 24.8 Å². The molecule has 152 valence electrons. The van der Waals surface area contributed by atoms with E-state index in [0.29, 0.717) is 25.2 Å². The van der Waals surface area contributed by atoms with Gasteiger partial charge in [-0.2, -0.15) is 23.3 Å². The van der Waals surface area contributed by atoms with Gasteiger partial charge < -0.3 is 9.42 Å². The number of alkyl halides is 3. The van der Waals surface area contributed by atoms with E-state index in [-0.39, 0.29) is 23.2 Å². The molecule has 1 aliphatic heterocycles. The normalized spacial score (nSPS) is 17.1. The fourth-order valence-electron chi connectivity index (χ4n) is 3.39. The first-order valence-electron chi connectivity index (χ1n) is 9.22. The second-order valence-corrected chi connectivity index (χ2v) is 6.75. The number of hydrogen-bond acceptors (Lipinski definition) is 5. The molecule has 7 nitrogen and oxygen atoms in total. The molecule has 0 radical (unpaired) electrons. The van der Waals surface area contributed by atoms with Crippen molar-refractivity contribution in [1.29, 1.82) is 0 Å². The Labute approximate surface area is 164 Å². The van der Waals surface area contributed by atoms with Crippen LogP contribution >= 0.6 is 0 Å². The lowest BCUT2D eigenvalue weighted by Gasteiger charge is -2.20. The Kier molecular flexibility index (Phi) is 4.85. The fraction of sp³-hybridized carbons (Fsp3) is 0.368. The number of nitrogens with zero attached hydrogens (tertiary/aromatic N) is 5. The first-order chi connectivity index (χ1) is 13.9. The van der Waals surface area contributed by atoms with Crippen molar-refractivity contribution in [2.45, 2.75) is 38.5 Å². The predicted molar refractivity (Wildman–Crippen MR) is 95.6 cm³/mol. The molecule has 0 spiro atoms. The molecule has 0 N–H and O–H groups in total. The van der Waals surface area contributed by atoms with E-state index >= 15 is 0 Å². The number of aryl methyl sites for hydroxylation is 1. The summed E-state index contributed by atoms with van der Waals surface area (Å²) < 4.78 is 45.8. The van der Waals surface area contributed by atoms with E-state index in [9.17, 15) is 18.0 Å². The van der Waals surface area contributed by atoms with Crippen LogP contribution in [-0.4, -0.2) is 37.3 Å². The Morgan fingerprint density at radius 2 is 2.14 bits per heavy atom. The van der Waals surface area contributed by atoms with Gasteiger partial charge in [-0.05, 0) is 38.0 Å². The van der Waals surface area contributed by atoms with Gasteiger partial charge in [0.15, 0.2) is 0 Å². The van der Waals surface area contributed by atoms with E-state index in [0.717, 1.165) is 18.6 Å². The lowest BCUT2D eigenvalue weighted by atomic mass is 10.1. The van der Waals surface area contributed by atoms with E-state index < -0.39 is 17.8 Å². The molecule has 2 aromatic heterocycles. The summed E-state index contributed by atoms with van der Waals surface area (Å²) >= 11 is 0. The molecule has 1 aliphatic rings. The number of carbonyl (C=O) groups is 1. The van der Waals surface area contributed by atoms with Crippen LogP contribution in [0.2, 0.25) is 0 Å². The summed E-state index contributed by atoms with van der Waals surface area (Å²) in [4.78, 5) is 18.7. The van der Waals surface area contributed by atoms with Crippen molar-refractivity contribution >= 4 is 5.91 Å². The molecule has 0 bridgehead atoms. The van der Waals surface area contributed by atoms with Crippen molar-refractivity contribution in [2.75, 3.05) is 6.54 Å². The second-order valence-electron chi connectivity index (χ2n) is 6.75. The van der Waals surface area contributed by atoms with Gasteiger partial charge in [-0.25, -0.2) is 0 Å². The van der Waals surface area contributed by atoms with Crippen LogP contribution in [0.5, 0.6) is 0 Å². The summed E-state index contributed by atoms with van der Waals surface area (Å²) in [6, 6.07) is 5.97. The topological polar surface area (TPSA) is 77.0 Å². The molecule has 0 unspecified atom stereocenters. The molecule has 10 heteroatoms. The van der Waals surface area contributed by atoms with Crippen molar-refractivity contribution < 1.29 is 22.5 Å². The third-order valence-electron chi connectivity index (χ3n) is 4.87. The standard InChI is InChI=1S/C19H18F3N5O2/c1-2-26-10-8-14(24-26)18(28)27-9-4-7-15(27)17-23-16(25-29-17)12-5-3-6-13(11-12)19(20,21)22/h3,5-6,8,10-11,15H,2,4,7,9H2,1H3/t15-/m1/s1. The highest BCUT2D eigenvalue weighted by atomic mass is 19.4. The van der Waals surface area contributed by atoms with Crippen LogP contribution in [-0.2, 0) is 12.7 Å². The molecule has 0 saturated carbocycles. The quantitative estimate of drug-likeness (QED) is 0.657. The highest BCUT2D eigenvalue weighted by Crippen LogP contribution is 2.34. The number of aromatic nitrogens is 4. The van der Waals surface area contributed by atoms with Crippen LogP contribution in [0.25, 0.3) is 11.4 Å². The van der Waals surface area contributed by atoms with E-state index in [1.807, 2.05) is 6.92 Å². The maximum absolute atomic E-state index is 12.9. The molecule has 1 saturated heterocycles. The van der Waals surface area contributed by atoms with E-state index in [4.69, 9.17) is 4.52 Å². The minimum absolute atomic E-state index is 0.0562. The Balaban J connectivity index is 1.58. The van der Waals surface area contributed by atoms with Crippen LogP contribution in [0, 0.1) is 0 Å². The summed E-state index contributed by atoms with van der Waals surface area (Å²) in [5.41, 5.74) is -0.255. The third-order valence-corrected chi connectivity index (χ3v) is 4.87. The third kappa shape index (κ3) is 3.74. The molecule has 3 aromatic rings. The van der Waals surface area contributed by atoms with E-state index in [1.54, 1.807) is 21.8 Å². The molecule has 1 amide bonds. The van der Waals surface area contributed by atoms with Crippen molar-refractivity contribution in [3.05, 3.63) is 53.7 Å². The maximum atomic E-state index is 12.9. The smallest absolute Gasteiger partial charge is 0.337 e. The molecule has 29 heavy (non-hydrogen) atoms. The maximum Gasteiger partial charge on any atom is 0.416 e. The SMILES string of the molecule is CCn1ccc(C(=O)N2CCC[C@@H]2c2nc(-c3cccc(C(F)(F)F)c3)no2)n1. The highest BCUT2D eigenvalue weighted by molar-refractivity contribution is 5.92. The van der Waals surface area contributed by atoms with Crippen LogP contribution in [0.4, 0.5) is 13.2 Å². The van der Waals surface area contributed by atoms with Crippen molar-refractivity contribution in [2.24, 2.45) is 0 Å². The minimum Gasteiger partial charge on any atom is -0.337 e. The molecular formula is C19H18F3N5O2. The average molecular weight is 405 g/mol. The first-order valence-corrected chi connectivity index (χ1v) is 9.22. The summed E-state index contributed by atoms with van der Waals surface area (Å²) in [5.74, 6) is 0.0253. The van der Waals surface area contributed by atoms with Crippen LogP contribution in [0.15, 0.2) is 41.1 Å². The second kappa shape index (κ2) is 7.34. The van der Waals surface area contributed by atoms with Crippen LogP contribution < -0.4 is 0 Å². The summed E-state index contributed by atoms with van der Waals surface area (Å²) in [7, 11) is 0. The van der Waals surface area contributed by atoms with Gasteiger partial charge in [-0.1, -0.05) is 17.3 Å². The lowest BCUT2D eigenvalue weighted by Crippen LogP contribution is -2.31. The Morgan fingerprint density at radius 3 is 2.86 bits per heavy atom. The molecule has 3 heterocycles. The van der Waals surface area contributed by atoms with Gasteiger partial charge in [0.05, 0.1) is 5.56 Å². The van der Waals surface area contributed by atoms with Crippen LogP contribution in [0.1, 0.15) is 47.7 Å². The van der Waals surface area contributed by atoms with Gasteiger partial charge in [0.2, 0.25) is 11.7 Å². The molecular weight excluding hydrogens is 387 g/mol. The van der Waals surface area contributed by atoms with Crippen LogP contribution in [0.3, 0.4) is 0 Å². The first kappa shape index (κ1) is 19.2. The van der Waals surface area contributed by atoms with E-state index in [1.165, 1.54) is 12.1 Å². The molecule has 1 atom stereocenters. The Morgan fingerprint density at radius 1 is 1.31 bits per heavy atom.